The third kappa shape index (κ3) is 5.25. The second kappa shape index (κ2) is 8.89. The molecule has 0 fully saturated rings. The summed E-state index contributed by atoms with van der Waals surface area (Å²) >= 11 is 0. The standard InChI is InChI=1S/C15H22N6O/c1-21(10-6-13-4-8-16-9-5-13)14-12-18-20-15(19-14)17-7-3-11-22-2/h4-5,8-9,12H,3,6-7,10-11H2,1-2H3,(H,17,19,20). The molecule has 0 amide bonds. The lowest BCUT2D eigenvalue weighted by atomic mass is 10.2. The maximum atomic E-state index is 5.01. The number of anilines is 2. The lowest BCUT2D eigenvalue weighted by Gasteiger charge is -2.18. The summed E-state index contributed by atoms with van der Waals surface area (Å²) in [6.07, 6.45) is 7.13. The van der Waals surface area contributed by atoms with E-state index in [1.807, 2.05) is 31.6 Å². The number of nitrogens with zero attached hydrogens (tertiary/aromatic N) is 5. The first kappa shape index (κ1) is 16.1. The summed E-state index contributed by atoms with van der Waals surface area (Å²) in [5.74, 6) is 1.35. The summed E-state index contributed by atoms with van der Waals surface area (Å²) in [6.45, 7) is 2.33. The van der Waals surface area contributed by atoms with Crippen LogP contribution in [0.25, 0.3) is 0 Å². The number of hydrogen-bond acceptors (Lipinski definition) is 7. The van der Waals surface area contributed by atoms with Crippen LogP contribution in [0.15, 0.2) is 30.7 Å². The minimum absolute atomic E-state index is 0.546. The van der Waals surface area contributed by atoms with Gasteiger partial charge in [-0.25, -0.2) is 0 Å². The molecule has 118 valence electrons. The van der Waals surface area contributed by atoms with Crippen LogP contribution in [0.2, 0.25) is 0 Å². The van der Waals surface area contributed by atoms with Crippen molar-refractivity contribution in [1.82, 2.24) is 20.2 Å². The van der Waals surface area contributed by atoms with Crippen LogP contribution < -0.4 is 10.2 Å². The number of nitrogens with one attached hydrogen (secondary N) is 1. The predicted molar refractivity (Wildman–Crippen MR) is 86.0 cm³/mol. The molecule has 7 heteroatoms. The number of pyridine rings is 1. The summed E-state index contributed by atoms with van der Waals surface area (Å²) < 4.78 is 5.01. The highest BCUT2D eigenvalue weighted by atomic mass is 16.5. The van der Waals surface area contributed by atoms with E-state index in [1.54, 1.807) is 13.3 Å². The molecule has 0 bridgehead atoms. The molecule has 0 radical (unpaired) electrons. The zero-order valence-corrected chi connectivity index (χ0v) is 13.1. The number of rotatable bonds is 9. The lowest BCUT2D eigenvalue weighted by molar-refractivity contribution is 0.197. The van der Waals surface area contributed by atoms with Gasteiger partial charge in [-0.3, -0.25) is 4.98 Å². The first-order valence-corrected chi connectivity index (χ1v) is 7.32. The van der Waals surface area contributed by atoms with Crippen molar-refractivity contribution in [2.24, 2.45) is 0 Å². The van der Waals surface area contributed by atoms with Gasteiger partial charge in [-0.1, -0.05) is 0 Å². The molecule has 0 saturated carbocycles. The molecule has 0 aliphatic rings. The maximum absolute atomic E-state index is 5.01. The highest BCUT2D eigenvalue weighted by Crippen LogP contribution is 2.10. The van der Waals surface area contributed by atoms with Crippen LogP contribution in [0.1, 0.15) is 12.0 Å². The quantitative estimate of drug-likeness (QED) is 0.701. The van der Waals surface area contributed by atoms with E-state index in [0.29, 0.717) is 12.6 Å². The van der Waals surface area contributed by atoms with Crippen LogP contribution in [0.4, 0.5) is 11.8 Å². The van der Waals surface area contributed by atoms with E-state index >= 15 is 0 Å². The van der Waals surface area contributed by atoms with Crippen molar-refractivity contribution in [2.75, 3.05) is 44.1 Å². The molecular weight excluding hydrogens is 280 g/mol. The summed E-state index contributed by atoms with van der Waals surface area (Å²) in [5, 5.41) is 11.1. The third-order valence-electron chi connectivity index (χ3n) is 3.23. The Bertz CT molecular complexity index is 551. The predicted octanol–water partition coefficient (Wildman–Crippen LogP) is 1.39. The van der Waals surface area contributed by atoms with Gasteiger partial charge in [-0.05, 0) is 30.5 Å². The average Bonchev–Trinajstić information content (AvgIpc) is 2.58. The summed E-state index contributed by atoms with van der Waals surface area (Å²) in [5.41, 5.74) is 1.25. The third-order valence-corrected chi connectivity index (χ3v) is 3.23. The van der Waals surface area contributed by atoms with Gasteiger partial charge < -0.3 is 15.0 Å². The van der Waals surface area contributed by atoms with Gasteiger partial charge in [0.05, 0.1) is 6.20 Å². The van der Waals surface area contributed by atoms with E-state index in [0.717, 1.165) is 31.7 Å². The van der Waals surface area contributed by atoms with Crippen molar-refractivity contribution < 1.29 is 4.74 Å². The highest BCUT2D eigenvalue weighted by molar-refractivity contribution is 5.39. The SMILES string of the molecule is COCCCNc1nncc(N(C)CCc2ccncc2)n1. The second-order valence-corrected chi connectivity index (χ2v) is 4.94. The Hall–Kier alpha value is -2.28. The molecule has 2 rings (SSSR count). The summed E-state index contributed by atoms with van der Waals surface area (Å²) in [6, 6.07) is 4.05. The molecule has 0 aliphatic carbocycles. The highest BCUT2D eigenvalue weighted by Gasteiger charge is 2.06. The first-order chi connectivity index (χ1) is 10.8. The van der Waals surface area contributed by atoms with Gasteiger partial charge in [0.2, 0.25) is 5.95 Å². The van der Waals surface area contributed by atoms with E-state index in [9.17, 15) is 0 Å². The number of likely N-dealkylation sites (N-methyl/N-ethyl adjacent to an activating group) is 1. The molecule has 22 heavy (non-hydrogen) atoms. The number of methoxy groups -OCH3 is 1. The molecule has 2 aromatic heterocycles. The fourth-order valence-electron chi connectivity index (χ4n) is 1.93. The average molecular weight is 302 g/mol. The molecule has 0 unspecified atom stereocenters. The van der Waals surface area contributed by atoms with E-state index < -0.39 is 0 Å². The molecule has 2 heterocycles. The molecule has 0 aliphatic heterocycles. The Morgan fingerprint density at radius 2 is 2.09 bits per heavy atom. The second-order valence-electron chi connectivity index (χ2n) is 4.94. The van der Waals surface area contributed by atoms with Gasteiger partial charge >= 0.3 is 0 Å². The molecule has 0 saturated heterocycles. The van der Waals surface area contributed by atoms with Crippen molar-refractivity contribution in [1.29, 1.82) is 0 Å². The van der Waals surface area contributed by atoms with E-state index in [2.05, 4.69) is 30.4 Å². The van der Waals surface area contributed by atoms with Crippen molar-refractivity contribution in [2.45, 2.75) is 12.8 Å². The first-order valence-electron chi connectivity index (χ1n) is 7.32. The molecule has 7 nitrogen and oxygen atoms in total. The van der Waals surface area contributed by atoms with Gasteiger partial charge in [0, 0.05) is 46.2 Å². The molecule has 0 atom stereocenters. The zero-order valence-electron chi connectivity index (χ0n) is 13.1. The molecular formula is C15H22N6O. The fraction of sp³-hybridized carbons (Fsp3) is 0.467. The zero-order chi connectivity index (χ0) is 15.6. The van der Waals surface area contributed by atoms with E-state index in [1.165, 1.54) is 5.56 Å². The lowest BCUT2D eigenvalue weighted by Crippen LogP contribution is -2.22. The molecule has 2 aromatic rings. The van der Waals surface area contributed by atoms with Crippen molar-refractivity contribution in [3.8, 4) is 0 Å². The maximum Gasteiger partial charge on any atom is 0.244 e. The van der Waals surface area contributed by atoms with Gasteiger partial charge in [-0.2, -0.15) is 10.1 Å². The van der Waals surface area contributed by atoms with E-state index in [4.69, 9.17) is 4.74 Å². The largest absolute Gasteiger partial charge is 0.385 e. The Labute approximate surface area is 130 Å². The van der Waals surface area contributed by atoms with Crippen molar-refractivity contribution in [3.63, 3.8) is 0 Å². The van der Waals surface area contributed by atoms with Crippen LogP contribution >= 0.6 is 0 Å². The number of hydrogen-bond donors (Lipinski definition) is 1. The van der Waals surface area contributed by atoms with Gasteiger partial charge in [0.15, 0.2) is 5.82 Å². The molecule has 1 N–H and O–H groups in total. The van der Waals surface area contributed by atoms with Crippen LogP contribution in [-0.2, 0) is 11.2 Å². The Morgan fingerprint density at radius 1 is 1.27 bits per heavy atom. The van der Waals surface area contributed by atoms with Crippen LogP contribution in [0.5, 0.6) is 0 Å². The minimum Gasteiger partial charge on any atom is -0.385 e. The molecule has 0 spiro atoms. The summed E-state index contributed by atoms with van der Waals surface area (Å²) in [7, 11) is 3.69. The number of aromatic nitrogens is 4. The Balaban J connectivity index is 1.85. The topological polar surface area (TPSA) is 76.1 Å². The Kier molecular flexibility index (Phi) is 6.50. The molecule has 0 aromatic carbocycles. The van der Waals surface area contributed by atoms with Gasteiger partial charge in [0.25, 0.3) is 0 Å². The van der Waals surface area contributed by atoms with E-state index in [-0.39, 0.29) is 0 Å². The van der Waals surface area contributed by atoms with Crippen molar-refractivity contribution >= 4 is 11.8 Å². The normalized spacial score (nSPS) is 10.5. The van der Waals surface area contributed by atoms with Gasteiger partial charge in [-0.15, -0.1) is 5.10 Å². The van der Waals surface area contributed by atoms with Gasteiger partial charge in [0.1, 0.15) is 0 Å². The minimum atomic E-state index is 0.546. The summed E-state index contributed by atoms with van der Waals surface area (Å²) in [4.78, 5) is 10.6. The Morgan fingerprint density at radius 3 is 2.86 bits per heavy atom. The monoisotopic (exact) mass is 302 g/mol. The van der Waals surface area contributed by atoms with Crippen molar-refractivity contribution in [3.05, 3.63) is 36.3 Å². The van der Waals surface area contributed by atoms with Crippen LogP contribution in [0, 0.1) is 0 Å². The smallest absolute Gasteiger partial charge is 0.244 e. The van der Waals surface area contributed by atoms with Crippen LogP contribution in [-0.4, -0.2) is 54.0 Å². The number of ether oxygens (including phenoxy) is 1. The fourth-order valence-corrected chi connectivity index (χ4v) is 1.93. The van der Waals surface area contributed by atoms with Crippen LogP contribution in [0.3, 0.4) is 0 Å².